The topological polar surface area (TPSA) is 15.8 Å². The molecule has 2 aromatic rings. The molecule has 1 aliphatic carbocycles. The van der Waals surface area contributed by atoms with Crippen molar-refractivity contribution in [2.75, 3.05) is 0 Å². The van der Waals surface area contributed by atoms with Gasteiger partial charge in [0.15, 0.2) is 0 Å². The maximum atomic E-state index is 3.66. The number of nitrogens with one attached hydrogen (secondary N) is 1. The van der Waals surface area contributed by atoms with Gasteiger partial charge in [-0.15, -0.1) is 0 Å². The molecule has 0 bridgehead atoms. The van der Waals surface area contributed by atoms with E-state index in [1.165, 1.54) is 48.7 Å². The molecule has 3 rings (SSSR count). The lowest BCUT2D eigenvalue weighted by atomic mass is 9.87. The van der Waals surface area contributed by atoms with Crippen LogP contribution in [0.3, 0.4) is 0 Å². The molecule has 1 N–H and O–H groups in total. The molecule has 19 heavy (non-hydrogen) atoms. The molecule has 0 saturated carbocycles. The zero-order chi connectivity index (χ0) is 13.3. The van der Waals surface area contributed by atoms with Crippen molar-refractivity contribution in [2.24, 2.45) is 0 Å². The largest absolute Gasteiger partial charge is 0.357 e. The van der Waals surface area contributed by atoms with Crippen molar-refractivity contribution in [3.05, 3.63) is 47.7 Å². The lowest BCUT2D eigenvalue weighted by molar-refractivity contribution is 0.573. The molecule has 0 aliphatic heterocycles. The quantitative estimate of drug-likeness (QED) is 0.575. The van der Waals surface area contributed by atoms with Gasteiger partial charge in [0.25, 0.3) is 0 Å². The van der Waals surface area contributed by atoms with Crippen molar-refractivity contribution in [3.8, 4) is 0 Å². The number of allylic oxidation sites excluding steroid dienone is 2. The Kier molecular flexibility index (Phi) is 3.22. The van der Waals surface area contributed by atoms with Crippen LogP contribution in [-0.4, -0.2) is 4.98 Å². The minimum atomic E-state index is 0.210. The van der Waals surface area contributed by atoms with Gasteiger partial charge in [-0.1, -0.05) is 57.0 Å². The third-order valence-electron chi connectivity index (χ3n) is 4.49. The van der Waals surface area contributed by atoms with E-state index < -0.39 is 0 Å². The summed E-state index contributed by atoms with van der Waals surface area (Å²) in [7, 11) is 0. The highest BCUT2D eigenvalue weighted by molar-refractivity contribution is 5.86. The second kappa shape index (κ2) is 4.88. The maximum Gasteiger partial charge on any atom is 0.0459 e. The molecule has 1 atom stereocenters. The van der Waals surface area contributed by atoms with Gasteiger partial charge in [0.05, 0.1) is 0 Å². The van der Waals surface area contributed by atoms with Gasteiger partial charge in [-0.3, -0.25) is 0 Å². The summed E-state index contributed by atoms with van der Waals surface area (Å²) in [5, 5.41) is 1.42. The van der Waals surface area contributed by atoms with Crippen molar-refractivity contribution >= 4 is 10.9 Å². The van der Waals surface area contributed by atoms with Crippen molar-refractivity contribution in [1.82, 2.24) is 4.98 Å². The highest BCUT2D eigenvalue weighted by Crippen LogP contribution is 2.42. The van der Waals surface area contributed by atoms with Crippen LogP contribution in [0.15, 0.2) is 36.4 Å². The molecule has 0 saturated heterocycles. The smallest absolute Gasteiger partial charge is 0.0459 e. The molecule has 1 nitrogen and oxygen atoms in total. The van der Waals surface area contributed by atoms with Crippen LogP contribution in [-0.2, 0) is 11.8 Å². The summed E-state index contributed by atoms with van der Waals surface area (Å²) < 4.78 is 0. The summed E-state index contributed by atoms with van der Waals surface area (Å²) in [5.74, 6) is 0. The van der Waals surface area contributed by atoms with Crippen LogP contribution in [0, 0.1) is 0 Å². The van der Waals surface area contributed by atoms with E-state index >= 15 is 0 Å². The molecular formula is C18H23N. The van der Waals surface area contributed by atoms with Crippen LogP contribution in [0.25, 0.3) is 10.9 Å². The Balaban J connectivity index is 1.94. The predicted octanol–water partition coefficient (Wildman–Crippen LogP) is 5.12. The van der Waals surface area contributed by atoms with Crippen molar-refractivity contribution < 1.29 is 0 Å². The van der Waals surface area contributed by atoms with Crippen molar-refractivity contribution in [1.29, 1.82) is 0 Å². The van der Waals surface area contributed by atoms with E-state index in [4.69, 9.17) is 0 Å². The summed E-state index contributed by atoms with van der Waals surface area (Å²) in [6, 6.07) is 8.69. The van der Waals surface area contributed by atoms with Gasteiger partial charge in [0.1, 0.15) is 0 Å². The monoisotopic (exact) mass is 253 g/mol. The van der Waals surface area contributed by atoms with E-state index in [1.807, 2.05) is 0 Å². The van der Waals surface area contributed by atoms with Gasteiger partial charge in [-0.25, -0.2) is 0 Å². The van der Waals surface area contributed by atoms with Crippen molar-refractivity contribution in [2.45, 2.75) is 51.4 Å². The normalized spacial score (nSPS) is 22.4. The molecule has 1 aliphatic rings. The third kappa shape index (κ3) is 2.11. The molecule has 1 aromatic heterocycles. The second-order valence-electron chi connectivity index (χ2n) is 5.99. The van der Waals surface area contributed by atoms with Gasteiger partial charge >= 0.3 is 0 Å². The Bertz CT molecular complexity index is 605. The Morgan fingerprint density at radius 1 is 1.32 bits per heavy atom. The Labute approximate surface area is 115 Å². The van der Waals surface area contributed by atoms with Crippen LogP contribution >= 0.6 is 0 Å². The fourth-order valence-electron chi connectivity index (χ4n) is 3.29. The van der Waals surface area contributed by atoms with Crippen LogP contribution in [0.2, 0.25) is 0 Å². The molecule has 0 fully saturated rings. The molecule has 1 heteroatoms. The Morgan fingerprint density at radius 3 is 3.00 bits per heavy atom. The number of fused-ring (bicyclic) bond motifs is 3. The SMILES string of the molecule is CCCC/C=C/C1(C)CCc2c1[nH]c1ccccc21. The summed E-state index contributed by atoms with van der Waals surface area (Å²) in [6.45, 7) is 4.62. The van der Waals surface area contributed by atoms with E-state index in [9.17, 15) is 0 Å². The first kappa shape index (κ1) is 12.5. The minimum absolute atomic E-state index is 0.210. The number of aryl methyl sites for hydroxylation is 1. The first-order chi connectivity index (χ1) is 9.24. The van der Waals surface area contributed by atoms with E-state index in [2.05, 4.69) is 55.2 Å². The van der Waals surface area contributed by atoms with E-state index in [0.29, 0.717) is 0 Å². The Hall–Kier alpha value is -1.50. The predicted molar refractivity (Wildman–Crippen MR) is 82.6 cm³/mol. The third-order valence-corrected chi connectivity index (χ3v) is 4.49. The van der Waals surface area contributed by atoms with Gasteiger partial charge in [0, 0.05) is 22.0 Å². The van der Waals surface area contributed by atoms with Gasteiger partial charge in [-0.2, -0.15) is 0 Å². The Morgan fingerprint density at radius 2 is 2.16 bits per heavy atom. The number of para-hydroxylation sites is 1. The zero-order valence-corrected chi connectivity index (χ0v) is 12.0. The first-order valence-corrected chi connectivity index (χ1v) is 7.52. The molecule has 1 heterocycles. The maximum absolute atomic E-state index is 3.66. The molecule has 0 spiro atoms. The number of unbranched alkanes of at least 4 members (excludes halogenated alkanes) is 2. The lowest BCUT2D eigenvalue weighted by Crippen LogP contribution is -2.15. The zero-order valence-electron chi connectivity index (χ0n) is 12.0. The minimum Gasteiger partial charge on any atom is -0.357 e. The fraction of sp³-hybridized carbons (Fsp3) is 0.444. The second-order valence-corrected chi connectivity index (χ2v) is 5.99. The van der Waals surface area contributed by atoms with Crippen LogP contribution < -0.4 is 0 Å². The number of rotatable bonds is 4. The van der Waals surface area contributed by atoms with E-state index in [0.717, 1.165) is 0 Å². The number of aromatic amines is 1. The summed E-state index contributed by atoms with van der Waals surface area (Å²) in [4.78, 5) is 3.66. The summed E-state index contributed by atoms with van der Waals surface area (Å²) in [6.07, 6.45) is 11.0. The summed E-state index contributed by atoms with van der Waals surface area (Å²) >= 11 is 0. The standard InChI is InChI=1S/C18H23N/c1-3-4-5-8-12-18(2)13-11-15-14-9-6-7-10-16(14)19-17(15)18/h6-10,12,19H,3-5,11,13H2,1-2H3/b12-8+. The number of hydrogen-bond donors (Lipinski definition) is 1. The number of aromatic nitrogens is 1. The first-order valence-electron chi connectivity index (χ1n) is 7.52. The summed E-state index contributed by atoms with van der Waals surface area (Å²) in [5.41, 5.74) is 4.49. The molecule has 0 radical (unpaired) electrons. The molecule has 0 amide bonds. The molecule has 1 aromatic carbocycles. The van der Waals surface area contributed by atoms with Crippen LogP contribution in [0.5, 0.6) is 0 Å². The highest BCUT2D eigenvalue weighted by Gasteiger charge is 2.34. The lowest BCUT2D eigenvalue weighted by Gasteiger charge is -2.19. The van der Waals surface area contributed by atoms with Gasteiger partial charge in [-0.05, 0) is 30.9 Å². The van der Waals surface area contributed by atoms with Gasteiger partial charge in [0.2, 0.25) is 0 Å². The van der Waals surface area contributed by atoms with Crippen molar-refractivity contribution in [3.63, 3.8) is 0 Å². The number of benzene rings is 1. The van der Waals surface area contributed by atoms with Gasteiger partial charge < -0.3 is 4.98 Å². The highest BCUT2D eigenvalue weighted by atomic mass is 14.8. The molecule has 100 valence electrons. The molecular weight excluding hydrogens is 230 g/mol. The fourth-order valence-corrected chi connectivity index (χ4v) is 3.29. The number of hydrogen-bond acceptors (Lipinski definition) is 0. The number of H-pyrrole nitrogens is 1. The van der Waals surface area contributed by atoms with E-state index in [1.54, 1.807) is 5.56 Å². The average Bonchev–Trinajstić information content (AvgIpc) is 2.94. The molecule has 1 unspecified atom stereocenters. The van der Waals surface area contributed by atoms with Crippen LogP contribution in [0.1, 0.15) is 50.8 Å². The average molecular weight is 253 g/mol. The van der Waals surface area contributed by atoms with Crippen LogP contribution in [0.4, 0.5) is 0 Å². The van der Waals surface area contributed by atoms with E-state index in [-0.39, 0.29) is 5.41 Å².